The molecule has 4 nitrogen and oxygen atoms in total. The SMILES string of the molecule is CCc1nc(O)c2ccc(OC)c(C)c2n1. The molecule has 2 rings (SSSR count). The van der Waals surface area contributed by atoms with Gasteiger partial charge >= 0.3 is 0 Å². The number of benzene rings is 1. The molecule has 0 saturated heterocycles. The highest BCUT2D eigenvalue weighted by Crippen LogP contribution is 2.29. The molecule has 0 unspecified atom stereocenters. The van der Waals surface area contributed by atoms with Crippen LogP contribution < -0.4 is 4.74 Å². The molecule has 2 aromatic rings. The number of fused-ring (bicyclic) bond motifs is 1. The van der Waals surface area contributed by atoms with Crippen LogP contribution in [0.1, 0.15) is 18.3 Å². The van der Waals surface area contributed by atoms with Gasteiger partial charge in [-0.3, -0.25) is 0 Å². The number of nitrogens with zero attached hydrogens (tertiary/aromatic N) is 2. The fourth-order valence-corrected chi connectivity index (χ4v) is 1.72. The van der Waals surface area contributed by atoms with E-state index >= 15 is 0 Å². The van der Waals surface area contributed by atoms with Gasteiger partial charge in [-0.2, -0.15) is 4.98 Å². The summed E-state index contributed by atoms with van der Waals surface area (Å²) >= 11 is 0. The molecule has 0 fully saturated rings. The van der Waals surface area contributed by atoms with E-state index in [0.29, 0.717) is 17.6 Å². The van der Waals surface area contributed by atoms with Gasteiger partial charge in [-0.15, -0.1) is 0 Å². The maximum atomic E-state index is 9.78. The Morgan fingerprint density at radius 1 is 1.31 bits per heavy atom. The smallest absolute Gasteiger partial charge is 0.222 e. The first kappa shape index (κ1) is 10.7. The Kier molecular flexibility index (Phi) is 2.64. The van der Waals surface area contributed by atoms with E-state index in [1.54, 1.807) is 13.2 Å². The molecule has 16 heavy (non-hydrogen) atoms. The van der Waals surface area contributed by atoms with Crippen LogP contribution in [-0.2, 0) is 6.42 Å². The number of hydrogen-bond acceptors (Lipinski definition) is 4. The second-order valence-corrected chi connectivity index (χ2v) is 3.61. The maximum absolute atomic E-state index is 9.78. The van der Waals surface area contributed by atoms with E-state index in [-0.39, 0.29) is 5.88 Å². The second kappa shape index (κ2) is 3.96. The summed E-state index contributed by atoms with van der Waals surface area (Å²) < 4.78 is 5.22. The Balaban J connectivity index is 2.80. The van der Waals surface area contributed by atoms with E-state index in [1.807, 2.05) is 19.9 Å². The minimum absolute atomic E-state index is 0.0348. The molecule has 0 saturated carbocycles. The molecule has 0 radical (unpaired) electrons. The summed E-state index contributed by atoms with van der Waals surface area (Å²) in [5.74, 6) is 1.45. The van der Waals surface area contributed by atoms with Crippen molar-refractivity contribution in [2.75, 3.05) is 7.11 Å². The summed E-state index contributed by atoms with van der Waals surface area (Å²) in [5.41, 5.74) is 1.68. The molecule has 1 aromatic carbocycles. The fraction of sp³-hybridized carbons (Fsp3) is 0.333. The maximum Gasteiger partial charge on any atom is 0.222 e. The van der Waals surface area contributed by atoms with Crippen molar-refractivity contribution in [3.05, 3.63) is 23.5 Å². The molecule has 0 bridgehead atoms. The zero-order valence-electron chi connectivity index (χ0n) is 9.61. The lowest BCUT2D eigenvalue weighted by molar-refractivity contribution is 0.412. The molecule has 4 heteroatoms. The van der Waals surface area contributed by atoms with Crippen molar-refractivity contribution < 1.29 is 9.84 Å². The Morgan fingerprint density at radius 3 is 2.69 bits per heavy atom. The average molecular weight is 218 g/mol. The van der Waals surface area contributed by atoms with Gasteiger partial charge in [0.05, 0.1) is 18.0 Å². The molecule has 0 spiro atoms. The summed E-state index contributed by atoms with van der Waals surface area (Å²) in [6.45, 7) is 3.88. The van der Waals surface area contributed by atoms with Crippen molar-refractivity contribution in [1.29, 1.82) is 0 Å². The normalized spacial score (nSPS) is 10.7. The van der Waals surface area contributed by atoms with Gasteiger partial charge in [-0.25, -0.2) is 4.98 Å². The number of rotatable bonds is 2. The third-order valence-corrected chi connectivity index (χ3v) is 2.63. The van der Waals surface area contributed by atoms with Crippen LogP contribution in [-0.4, -0.2) is 22.2 Å². The lowest BCUT2D eigenvalue weighted by Crippen LogP contribution is -1.97. The van der Waals surface area contributed by atoms with Gasteiger partial charge in [0.2, 0.25) is 5.88 Å². The lowest BCUT2D eigenvalue weighted by Gasteiger charge is -2.09. The molecule has 0 aliphatic rings. The first-order valence-electron chi connectivity index (χ1n) is 5.20. The lowest BCUT2D eigenvalue weighted by atomic mass is 10.1. The van der Waals surface area contributed by atoms with Gasteiger partial charge in [0.25, 0.3) is 0 Å². The first-order valence-corrected chi connectivity index (χ1v) is 5.20. The van der Waals surface area contributed by atoms with E-state index in [0.717, 1.165) is 16.8 Å². The standard InChI is InChI=1S/C12H14N2O2/c1-4-10-13-11-7(2)9(16-3)6-5-8(11)12(15)14-10/h5-6H,4H2,1-3H3,(H,13,14,15). The highest BCUT2D eigenvalue weighted by Gasteiger charge is 2.10. The quantitative estimate of drug-likeness (QED) is 0.839. The van der Waals surface area contributed by atoms with Crippen LogP contribution in [0.3, 0.4) is 0 Å². The molecule has 1 N–H and O–H groups in total. The molecule has 0 aliphatic carbocycles. The third kappa shape index (κ3) is 1.56. The van der Waals surface area contributed by atoms with Crippen LogP contribution in [0.2, 0.25) is 0 Å². The topological polar surface area (TPSA) is 55.2 Å². The van der Waals surface area contributed by atoms with Crippen LogP contribution in [0.25, 0.3) is 10.9 Å². The Morgan fingerprint density at radius 2 is 2.06 bits per heavy atom. The molecule has 0 amide bonds. The van der Waals surface area contributed by atoms with E-state index < -0.39 is 0 Å². The molecule has 1 heterocycles. The summed E-state index contributed by atoms with van der Waals surface area (Å²) in [7, 11) is 1.62. The molecule has 1 aromatic heterocycles. The van der Waals surface area contributed by atoms with Crippen LogP contribution in [0, 0.1) is 6.92 Å². The minimum atomic E-state index is 0.0348. The summed E-state index contributed by atoms with van der Waals surface area (Å²) in [4.78, 5) is 8.43. The zero-order valence-corrected chi connectivity index (χ0v) is 9.61. The predicted molar refractivity (Wildman–Crippen MR) is 61.9 cm³/mol. The molecule has 0 aliphatic heterocycles. The van der Waals surface area contributed by atoms with Gasteiger partial charge in [-0.05, 0) is 19.1 Å². The number of aromatic hydroxyl groups is 1. The first-order chi connectivity index (χ1) is 7.67. The zero-order chi connectivity index (χ0) is 11.7. The van der Waals surface area contributed by atoms with Crippen molar-refractivity contribution >= 4 is 10.9 Å². The highest BCUT2D eigenvalue weighted by atomic mass is 16.5. The molecule has 0 atom stereocenters. The van der Waals surface area contributed by atoms with E-state index in [9.17, 15) is 5.11 Å². The van der Waals surface area contributed by atoms with Gasteiger partial charge in [0.1, 0.15) is 11.6 Å². The van der Waals surface area contributed by atoms with Crippen molar-refractivity contribution in [1.82, 2.24) is 9.97 Å². The van der Waals surface area contributed by atoms with Crippen molar-refractivity contribution in [3.8, 4) is 11.6 Å². The second-order valence-electron chi connectivity index (χ2n) is 3.61. The Bertz CT molecular complexity index is 538. The molecule has 84 valence electrons. The van der Waals surface area contributed by atoms with Gasteiger partial charge in [-0.1, -0.05) is 6.92 Å². The minimum Gasteiger partial charge on any atom is -0.496 e. The Hall–Kier alpha value is -1.84. The average Bonchev–Trinajstić information content (AvgIpc) is 2.30. The van der Waals surface area contributed by atoms with Crippen LogP contribution in [0.15, 0.2) is 12.1 Å². The number of ether oxygens (including phenoxy) is 1. The van der Waals surface area contributed by atoms with Gasteiger partial charge in [0, 0.05) is 12.0 Å². The molecular formula is C12H14N2O2. The number of hydrogen-bond donors (Lipinski definition) is 1. The predicted octanol–water partition coefficient (Wildman–Crippen LogP) is 2.21. The van der Waals surface area contributed by atoms with Crippen molar-refractivity contribution in [3.63, 3.8) is 0 Å². The monoisotopic (exact) mass is 218 g/mol. The van der Waals surface area contributed by atoms with Crippen LogP contribution >= 0.6 is 0 Å². The van der Waals surface area contributed by atoms with Crippen LogP contribution in [0.5, 0.6) is 11.6 Å². The number of methoxy groups -OCH3 is 1. The summed E-state index contributed by atoms with van der Waals surface area (Å²) in [6, 6.07) is 3.59. The van der Waals surface area contributed by atoms with Crippen molar-refractivity contribution in [2.24, 2.45) is 0 Å². The van der Waals surface area contributed by atoms with Crippen molar-refractivity contribution in [2.45, 2.75) is 20.3 Å². The van der Waals surface area contributed by atoms with E-state index in [1.165, 1.54) is 0 Å². The number of aryl methyl sites for hydroxylation is 2. The summed E-state index contributed by atoms with van der Waals surface area (Å²) in [6.07, 6.45) is 0.695. The van der Waals surface area contributed by atoms with Gasteiger partial charge < -0.3 is 9.84 Å². The fourth-order valence-electron chi connectivity index (χ4n) is 1.72. The van der Waals surface area contributed by atoms with Gasteiger partial charge in [0.15, 0.2) is 0 Å². The van der Waals surface area contributed by atoms with E-state index in [4.69, 9.17) is 4.74 Å². The van der Waals surface area contributed by atoms with Crippen LogP contribution in [0.4, 0.5) is 0 Å². The molecular weight excluding hydrogens is 204 g/mol. The third-order valence-electron chi connectivity index (χ3n) is 2.63. The Labute approximate surface area is 93.9 Å². The largest absolute Gasteiger partial charge is 0.496 e. The number of aromatic nitrogens is 2. The summed E-state index contributed by atoms with van der Waals surface area (Å²) in [5, 5.41) is 10.4. The highest BCUT2D eigenvalue weighted by molar-refractivity contribution is 5.87. The van der Waals surface area contributed by atoms with E-state index in [2.05, 4.69) is 9.97 Å².